The molecular weight excluding hydrogens is 252 g/mol. The number of benzene rings is 1. The Kier molecular flexibility index (Phi) is 4.78. The third-order valence-electron chi connectivity index (χ3n) is 3.86. The van der Waals surface area contributed by atoms with Crippen molar-refractivity contribution in [3.63, 3.8) is 0 Å². The molecule has 4 heteroatoms. The molecule has 0 radical (unpaired) electrons. The van der Waals surface area contributed by atoms with E-state index in [1.807, 2.05) is 18.2 Å². The molecule has 0 amide bonds. The average Bonchev–Trinajstić information content (AvgIpc) is 2.82. The Bertz CT molecular complexity index is 447. The normalized spacial score (nSPS) is 23.4. The van der Waals surface area contributed by atoms with Crippen LogP contribution in [0, 0.1) is 5.92 Å². The van der Waals surface area contributed by atoms with Crippen LogP contribution in [0.5, 0.6) is 0 Å². The fourth-order valence-electron chi connectivity index (χ4n) is 2.66. The van der Waals surface area contributed by atoms with Crippen molar-refractivity contribution in [1.29, 1.82) is 0 Å². The van der Waals surface area contributed by atoms with E-state index in [4.69, 9.17) is 0 Å². The number of aliphatic carboxylic acids is 1. The zero-order valence-corrected chi connectivity index (χ0v) is 12.3. The van der Waals surface area contributed by atoms with Gasteiger partial charge in [-0.3, -0.25) is 9.69 Å². The van der Waals surface area contributed by atoms with Gasteiger partial charge in [0.25, 0.3) is 0 Å². The van der Waals surface area contributed by atoms with E-state index in [1.54, 1.807) is 0 Å². The summed E-state index contributed by atoms with van der Waals surface area (Å²) in [6.07, 6.45) is 0.669. The molecule has 0 saturated carbocycles. The minimum Gasteiger partial charge on any atom is -0.480 e. The maximum absolute atomic E-state index is 11.6. The number of likely N-dealkylation sites (tertiary alicyclic amines) is 1. The van der Waals surface area contributed by atoms with Gasteiger partial charge in [0.2, 0.25) is 0 Å². The van der Waals surface area contributed by atoms with E-state index >= 15 is 0 Å². The van der Waals surface area contributed by atoms with Gasteiger partial charge in [-0.1, -0.05) is 44.2 Å². The Labute approximate surface area is 120 Å². The van der Waals surface area contributed by atoms with Crippen molar-refractivity contribution in [2.75, 3.05) is 19.6 Å². The zero-order valence-electron chi connectivity index (χ0n) is 12.3. The second-order valence-electron chi connectivity index (χ2n) is 6.11. The number of hydrogen-bond donors (Lipinski definition) is 2. The van der Waals surface area contributed by atoms with Gasteiger partial charge in [0.1, 0.15) is 5.54 Å². The first-order valence-corrected chi connectivity index (χ1v) is 7.26. The van der Waals surface area contributed by atoms with Crippen molar-refractivity contribution in [3.8, 4) is 0 Å². The molecule has 1 heterocycles. The number of rotatable bonds is 6. The van der Waals surface area contributed by atoms with Crippen LogP contribution in [0.25, 0.3) is 0 Å². The predicted octanol–water partition coefficient (Wildman–Crippen LogP) is 1.96. The minimum absolute atomic E-state index is 0.453. The van der Waals surface area contributed by atoms with Crippen LogP contribution < -0.4 is 5.32 Å². The van der Waals surface area contributed by atoms with Gasteiger partial charge in [-0.2, -0.15) is 0 Å². The molecule has 4 nitrogen and oxygen atoms in total. The van der Waals surface area contributed by atoms with E-state index in [-0.39, 0.29) is 0 Å². The van der Waals surface area contributed by atoms with Crippen LogP contribution in [0.15, 0.2) is 30.3 Å². The number of nitrogens with zero attached hydrogens (tertiary/aromatic N) is 1. The SMILES string of the molecule is CC(C)CNC1(C(=O)O)CCN(Cc2ccccc2)C1. The van der Waals surface area contributed by atoms with Crippen LogP contribution >= 0.6 is 0 Å². The fraction of sp³-hybridized carbons (Fsp3) is 0.562. The van der Waals surface area contributed by atoms with Crippen LogP contribution in [-0.2, 0) is 11.3 Å². The zero-order chi connectivity index (χ0) is 14.6. The van der Waals surface area contributed by atoms with Crippen LogP contribution in [-0.4, -0.2) is 41.1 Å². The molecule has 1 aliphatic rings. The highest BCUT2D eigenvalue weighted by atomic mass is 16.4. The van der Waals surface area contributed by atoms with Crippen LogP contribution in [0.1, 0.15) is 25.8 Å². The molecule has 1 unspecified atom stereocenters. The summed E-state index contributed by atoms with van der Waals surface area (Å²) in [6, 6.07) is 10.2. The Balaban J connectivity index is 1.98. The maximum atomic E-state index is 11.6. The van der Waals surface area contributed by atoms with Gasteiger partial charge in [0.05, 0.1) is 0 Å². The Hall–Kier alpha value is -1.39. The third-order valence-corrected chi connectivity index (χ3v) is 3.86. The lowest BCUT2D eigenvalue weighted by Crippen LogP contribution is -2.55. The van der Waals surface area contributed by atoms with Crippen molar-refractivity contribution < 1.29 is 9.90 Å². The van der Waals surface area contributed by atoms with Gasteiger partial charge < -0.3 is 10.4 Å². The first-order valence-electron chi connectivity index (χ1n) is 7.26. The summed E-state index contributed by atoms with van der Waals surface area (Å²) in [5.74, 6) is -0.275. The summed E-state index contributed by atoms with van der Waals surface area (Å²) in [4.78, 5) is 13.9. The molecule has 1 aromatic carbocycles. The Morgan fingerprint density at radius 1 is 1.40 bits per heavy atom. The number of carboxylic acids is 1. The molecule has 2 rings (SSSR count). The van der Waals surface area contributed by atoms with Crippen molar-refractivity contribution >= 4 is 5.97 Å². The molecule has 0 bridgehead atoms. The van der Waals surface area contributed by atoms with Crippen molar-refractivity contribution in [3.05, 3.63) is 35.9 Å². The number of nitrogens with one attached hydrogen (secondary N) is 1. The van der Waals surface area contributed by atoms with E-state index in [0.29, 0.717) is 18.9 Å². The summed E-state index contributed by atoms with van der Waals surface area (Å²) >= 11 is 0. The minimum atomic E-state index is -0.779. The summed E-state index contributed by atoms with van der Waals surface area (Å²) in [6.45, 7) is 7.15. The Morgan fingerprint density at radius 3 is 2.70 bits per heavy atom. The maximum Gasteiger partial charge on any atom is 0.325 e. The first-order chi connectivity index (χ1) is 9.52. The highest BCUT2D eigenvalue weighted by Gasteiger charge is 2.44. The smallest absolute Gasteiger partial charge is 0.325 e. The van der Waals surface area contributed by atoms with Gasteiger partial charge in [-0.05, 0) is 24.4 Å². The van der Waals surface area contributed by atoms with E-state index < -0.39 is 11.5 Å². The molecule has 1 atom stereocenters. The lowest BCUT2D eigenvalue weighted by molar-refractivity contribution is -0.144. The molecule has 1 fully saturated rings. The molecule has 20 heavy (non-hydrogen) atoms. The molecule has 0 spiro atoms. The topological polar surface area (TPSA) is 52.6 Å². The van der Waals surface area contributed by atoms with Crippen molar-refractivity contribution in [2.45, 2.75) is 32.4 Å². The fourth-order valence-corrected chi connectivity index (χ4v) is 2.66. The van der Waals surface area contributed by atoms with Gasteiger partial charge in [-0.25, -0.2) is 0 Å². The van der Waals surface area contributed by atoms with Gasteiger partial charge in [0.15, 0.2) is 0 Å². The van der Waals surface area contributed by atoms with E-state index in [9.17, 15) is 9.90 Å². The Morgan fingerprint density at radius 2 is 2.10 bits per heavy atom. The highest BCUT2D eigenvalue weighted by molar-refractivity contribution is 5.79. The molecule has 1 aliphatic heterocycles. The van der Waals surface area contributed by atoms with Crippen molar-refractivity contribution in [1.82, 2.24) is 10.2 Å². The second kappa shape index (κ2) is 6.37. The molecular formula is C16H24N2O2. The van der Waals surface area contributed by atoms with Crippen LogP contribution in [0.4, 0.5) is 0 Å². The standard InChI is InChI=1S/C16H24N2O2/c1-13(2)10-17-16(15(19)20)8-9-18(12-16)11-14-6-4-3-5-7-14/h3-7,13,17H,8-12H2,1-2H3,(H,19,20). The van der Waals surface area contributed by atoms with E-state index in [0.717, 1.165) is 19.6 Å². The lowest BCUT2D eigenvalue weighted by Gasteiger charge is -2.27. The number of carboxylic acid groups (broad SMARTS) is 1. The largest absolute Gasteiger partial charge is 0.480 e. The quantitative estimate of drug-likeness (QED) is 0.834. The number of carbonyl (C=O) groups is 1. The van der Waals surface area contributed by atoms with Gasteiger partial charge in [-0.15, -0.1) is 0 Å². The predicted molar refractivity (Wildman–Crippen MR) is 79.5 cm³/mol. The van der Waals surface area contributed by atoms with Gasteiger partial charge in [0, 0.05) is 19.6 Å². The summed E-state index contributed by atoms with van der Waals surface area (Å²) < 4.78 is 0. The molecule has 1 saturated heterocycles. The monoisotopic (exact) mass is 276 g/mol. The number of hydrogen-bond acceptors (Lipinski definition) is 3. The third kappa shape index (κ3) is 3.58. The van der Waals surface area contributed by atoms with E-state index in [1.165, 1.54) is 5.56 Å². The summed E-state index contributed by atoms with van der Waals surface area (Å²) in [5.41, 5.74) is 0.455. The van der Waals surface area contributed by atoms with Crippen LogP contribution in [0.3, 0.4) is 0 Å². The molecule has 2 N–H and O–H groups in total. The second-order valence-corrected chi connectivity index (χ2v) is 6.11. The molecule has 0 aromatic heterocycles. The van der Waals surface area contributed by atoms with Gasteiger partial charge >= 0.3 is 5.97 Å². The highest BCUT2D eigenvalue weighted by Crippen LogP contribution is 2.23. The van der Waals surface area contributed by atoms with E-state index in [2.05, 4.69) is 36.2 Å². The lowest BCUT2D eigenvalue weighted by atomic mass is 9.98. The first kappa shape index (κ1) is 15.0. The molecule has 0 aliphatic carbocycles. The molecule has 1 aromatic rings. The average molecular weight is 276 g/mol. The van der Waals surface area contributed by atoms with Crippen molar-refractivity contribution in [2.24, 2.45) is 5.92 Å². The summed E-state index contributed by atoms with van der Waals surface area (Å²) in [7, 11) is 0. The van der Waals surface area contributed by atoms with Crippen LogP contribution in [0.2, 0.25) is 0 Å². The summed E-state index contributed by atoms with van der Waals surface area (Å²) in [5, 5.41) is 12.8. The molecule has 110 valence electrons.